The Hall–Kier alpha value is -2.66. The van der Waals surface area contributed by atoms with Gasteiger partial charge in [0.1, 0.15) is 5.82 Å². The lowest BCUT2D eigenvalue weighted by molar-refractivity contribution is -0.132. The van der Waals surface area contributed by atoms with Gasteiger partial charge in [0, 0.05) is 41.7 Å². The first-order valence-electron chi connectivity index (χ1n) is 9.91. The molecular formula is C23H23ClFN3O. The van der Waals surface area contributed by atoms with Crippen LogP contribution in [0.4, 0.5) is 4.39 Å². The van der Waals surface area contributed by atoms with Crippen LogP contribution in [0.5, 0.6) is 0 Å². The number of aromatic nitrogens is 2. The highest BCUT2D eigenvalue weighted by Crippen LogP contribution is 2.33. The molecule has 0 bridgehead atoms. The van der Waals surface area contributed by atoms with Crippen LogP contribution in [0, 0.1) is 5.82 Å². The summed E-state index contributed by atoms with van der Waals surface area (Å²) in [6.45, 7) is 1.43. The van der Waals surface area contributed by atoms with Crippen molar-refractivity contribution in [3.05, 3.63) is 76.8 Å². The third-order valence-corrected chi connectivity index (χ3v) is 5.78. The third kappa shape index (κ3) is 4.67. The summed E-state index contributed by atoms with van der Waals surface area (Å²) in [7, 11) is 0. The zero-order valence-electron chi connectivity index (χ0n) is 16.1. The lowest BCUT2D eigenvalue weighted by Crippen LogP contribution is -2.39. The van der Waals surface area contributed by atoms with E-state index in [1.54, 1.807) is 12.3 Å². The monoisotopic (exact) mass is 411 g/mol. The molecule has 1 saturated heterocycles. The second-order valence-electron chi connectivity index (χ2n) is 7.51. The van der Waals surface area contributed by atoms with Crippen molar-refractivity contribution in [2.45, 2.75) is 31.6 Å². The number of piperidine rings is 1. The van der Waals surface area contributed by atoms with Gasteiger partial charge in [-0.2, -0.15) is 5.10 Å². The van der Waals surface area contributed by atoms with Crippen molar-refractivity contribution in [1.82, 2.24) is 15.1 Å². The van der Waals surface area contributed by atoms with Crippen molar-refractivity contribution in [2.75, 3.05) is 13.1 Å². The van der Waals surface area contributed by atoms with Gasteiger partial charge >= 0.3 is 0 Å². The van der Waals surface area contributed by atoms with E-state index in [0.29, 0.717) is 24.4 Å². The summed E-state index contributed by atoms with van der Waals surface area (Å²) >= 11 is 5.92. The Labute approximate surface area is 174 Å². The van der Waals surface area contributed by atoms with Crippen molar-refractivity contribution in [3.8, 4) is 11.1 Å². The number of rotatable bonds is 5. The largest absolute Gasteiger partial charge is 0.342 e. The zero-order valence-corrected chi connectivity index (χ0v) is 16.8. The molecule has 2 aromatic carbocycles. The number of halogens is 2. The average molecular weight is 412 g/mol. The molecule has 6 heteroatoms. The number of hydrogen-bond donors (Lipinski definition) is 1. The molecule has 0 saturated carbocycles. The molecular weight excluding hydrogens is 389 g/mol. The van der Waals surface area contributed by atoms with Crippen molar-refractivity contribution in [3.63, 3.8) is 0 Å². The minimum Gasteiger partial charge on any atom is -0.342 e. The zero-order chi connectivity index (χ0) is 20.2. The van der Waals surface area contributed by atoms with Crippen molar-refractivity contribution in [1.29, 1.82) is 0 Å². The van der Waals surface area contributed by atoms with Gasteiger partial charge in [-0.25, -0.2) is 4.39 Å². The number of likely N-dealkylation sites (tertiary alicyclic amines) is 1. The highest BCUT2D eigenvalue weighted by atomic mass is 35.5. The molecule has 0 unspecified atom stereocenters. The van der Waals surface area contributed by atoms with E-state index in [-0.39, 0.29) is 17.6 Å². The average Bonchev–Trinajstić information content (AvgIpc) is 3.23. The molecule has 1 N–H and O–H groups in total. The number of hydrogen-bond acceptors (Lipinski definition) is 2. The van der Waals surface area contributed by atoms with Crippen LogP contribution in [0.2, 0.25) is 5.02 Å². The molecule has 0 aliphatic carbocycles. The minimum absolute atomic E-state index is 0.163. The number of H-pyrrole nitrogens is 1. The molecule has 0 spiro atoms. The van der Waals surface area contributed by atoms with Gasteiger partial charge in [-0.3, -0.25) is 9.89 Å². The van der Waals surface area contributed by atoms with Crippen molar-refractivity contribution >= 4 is 17.5 Å². The van der Waals surface area contributed by atoms with Gasteiger partial charge < -0.3 is 4.90 Å². The SMILES string of the molecule is O=C(CCc1ccc(Cl)cc1)N1CCC[C@H](c2[nH]ncc2-c2cccc(F)c2)C1. The Balaban J connectivity index is 1.43. The number of aryl methyl sites for hydroxylation is 1. The molecule has 4 rings (SSSR count). The standard InChI is InChI=1S/C23H23ClFN3O/c24-19-9-6-16(7-10-19)8-11-22(29)28-12-2-4-18(15-28)23-21(14-26-27-23)17-3-1-5-20(25)13-17/h1,3,5-7,9-10,13-14,18H,2,4,8,11-12,15H2,(H,26,27)/t18-/m0/s1. The molecule has 1 aliphatic rings. The van der Waals surface area contributed by atoms with Crippen LogP contribution in [-0.4, -0.2) is 34.1 Å². The number of benzene rings is 2. The summed E-state index contributed by atoms with van der Waals surface area (Å²) in [5.74, 6) is 0.0674. The summed E-state index contributed by atoms with van der Waals surface area (Å²) in [5.41, 5.74) is 3.80. The Morgan fingerprint density at radius 3 is 2.86 bits per heavy atom. The van der Waals surface area contributed by atoms with Crippen LogP contribution in [0.25, 0.3) is 11.1 Å². The second kappa shape index (κ2) is 8.78. The van der Waals surface area contributed by atoms with E-state index in [0.717, 1.165) is 41.8 Å². The Morgan fingerprint density at radius 2 is 2.07 bits per heavy atom. The number of carbonyl (C=O) groups excluding carboxylic acids is 1. The molecule has 1 aromatic heterocycles. The smallest absolute Gasteiger partial charge is 0.222 e. The van der Waals surface area contributed by atoms with Crippen LogP contribution >= 0.6 is 11.6 Å². The van der Waals surface area contributed by atoms with Crippen LogP contribution in [0.1, 0.15) is 36.4 Å². The Kier molecular flexibility index (Phi) is 5.95. The van der Waals surface area contributed by atoms with Gasteiger partial charge in [0.15, 0.2) is 0 Å². The molecule has 150 valence electrons. The van der Waals surface area contributed by atoms with E-state index in [2.05, 4.69) is 10.2 Å². The quantitative estimate of drug-likeness (QED) is 0.626. The molecule has 4 nitrogen and oxygen atoms in total. The topological polar surface area (TPSA) is 49.0 Å². The first-order valence-corrected chi connectivity index (χ1v) is 10.3. The summed E-state index contributed by atoms with van der Waals surface area (Å²) in [4.78, 5) is 14.7. The van der Waals surface area contributed by atoms with Crippen molar-refractivity contribution in [2.24, 2.45) is 0 Å². The minimum atomic E-state index is -0.266. The van der Waals surface area contributed by atoms with Gasteiger partial charge in [0.05, 0.1) is 6.20 Å². The number of nitrogens with one attached hydrogen (secondary N) is 1. The highest BCUT2D eigenvalue weighted by molar-refractivity contribution is 6.30. The number of carbonyl (C=O) groups is 1. The van der Waals surface area contributed by atoms with E-state index in [1.165, 1.54) is 12.1 Å². The molecule has 1 aliphatic heterocycles. The fourth-order valence-corrected chi connectivity index (χ4v) is 4.12. The maximum atomic E-state index is 13.7. The highest BCUT2D eigenvalue weighted by Gasteiger charge is 2.27. The maximum absolute atomic E-state index is 13.7. The van der Waals surface area contributed by atoms with Crippen LogP contribution < -0.4 is 0 Å². The number of amides is 1. The Morgan fingerprint density at radius 1 is 1.24 bits per heavy atom. The first kappa shape index (κ1) is 19.6. The fourth-order valence-electron chi connectivity index (χ4n) is 3.99. The summed E-state index contributed by atoms with van der Waals surface area (Å²) in [5, 5.41) is 7.99. The molecule has 29 heavy (non-hydrogen) atoms. The molecule has 1 amide bonds. The van der Waals surface area contributed by atoms with Gasteiger partial charge in [-0.1, -0.05) is 35.9 Å². The third-order valence-electron chi connectivity index (χ3n) is 5.53. The number of aromatic amines is 1. The van der Waals surface area contributed by atoms with E-state index in [1.807, 2.05) is 35.2 Å². The van der Waals surface area contributed by atoms with E-state index < -0.39 is 0 Å². The lowest BCUT2D eigenvalue weighted by atomic mass is 9.90. The van der Waals surface area contributed by atoms with Crippen LogP contribution in [-0.2, 0) is 11.2 Å². The van der Waals surface area contributed by atoms with Gasteiger partial charge in [-0.15, -0.1) is 0 Å². The van der Waals surface area contributed by atoms with Gasteiger partial charge in [-0.05, 0) is 54.7 Å². The van der Waals surface area contributed by atoms with E-state index in [4.69, 9.17) is 11.6 Å². The predicted molar refractivity (Wildman–Crippen MR) is 112 cm³/mol. The molecule has 2 heterocycles. The van der Waals surface area contributed by atoms with Gasteiger partial charge in [0.2, 0.25) is 5.91 Å². The van der Waals surface area contributed by atoms with Crippen molar-refractivity contribution < 1.29 is 9.18 Å². The lowest BCUT2D eigenvalue weighted by Gasteiger charge is -2.33. The first-order chi connectivity index (χ1) is 14.1. The fraction of sp³-hybridized carbons (Fsp3) is 0.304. The molecule has 1 atom stereocenters. The van der Waals surface area contributed by atoms with Gasteiger partial charge in [0.25, 0.3) is 0 Å². The summed E-state index contributed by atoms with van der Waals surface area (Å²) in [6, 6.07) is 14.2. The van der Waals surface area contributed by atoms with E-state index >= 15 is 0 Å². The number of nitrogens with zero attached hydrogens (tertiary/aromatic N) is 2. The van der Waals surface area contributed by atoms with Crippen LogP contribution in [0.3, 0.4) is 0 Å². The molecule has 0 radical (unpaired) electrons. The Bertz CT molecular complexity index is 986. The second-order valence-corrected chi connectivity index (χ2v) is 7.95. The predicted octanol–water partition coefficient (Wildman–Crippen LogP) is 5.21. The van der Waals surface area contributed by atoms with E-state index in [9.17, 15) is 9.18 Å². The maximum Gasteiger partial charge on any atom is 0.222 e. The summed E-state index contributed by atoms with van der Waals surface area (Å²) in [6.07, 6.45) is 4.85. The molecule has 1 fully saturated rings. The molecule has 3 aromatic rings. The normalized spacial score (nSPS) is 16.8. The summed E-state index contributed by atoms with van der Waals surface area (Å²) < 4.78 is 13.7. The van der Waals surface area contributed by atoms with Crippen LogP contribution in [0.15, 0.2) is 54.7 Å².